The molecule has 5 nitrogen and oxygen atoms in total. The minimum Gasteiger partial charge on any atom is -0.481 e. The molecule has 1 aromatic heterocycles. The van der Waals surface area contributed by atoms with Crippen molar-refractivity contribution in [2.75, 3.05) is 18.0 Å². The van der Waals surface area contributed by atoms with Crippen LogP contribution in [0.15, 0.2) is 12.4 Å². The number of rotatable bonds is 3. The number of aromatic nitrogens is 2. The highest BCUT2D eigenvalue weighted by Crippen LogP contribution is 2.21. The molecule has 1 atom stereocenters. The molecule has 92 valence electrons. The molecule has 1 fully saturated rings. The molecular formula is C12H17N3O2. The predicted octanol–water partition coefficient (Wildman–Crippen LogP) is 1.34. The van der Waals surface area contributed by atoms with Gasteiger partial charge in [0, 0.05) is 24.8 Å². The molecule has 0 aliphatic carbocycles. The third kappa shape index (κ3) is 2.72. The number of hydrogen-bond donors (Lipinski definition) is 1. The van der Waals surface area contributed by atoms with Gasteiger partial charge in [-0.05, 0) is 19.3 Å². The van der Waals surface area contributed by atoms with Crippen molar-refractivity contribution in [3.8, 4) is 0 Å². The van der Waals surface area contributed by atoms with E-state index in [2.05, 4.69) is 9.97 Å². The van der Waals surface area contributed by atoms with E-state index in [9.17, 15) is 4.79 Å². The first kappa shape index (κ1) is 11.8. The first-order valence-corrected chi connectivity index (χ1v) is 5.99. The van der Waals surface area contributed by atoms with E-state index in [0.717, 1.165) is 37.3 Å². The zero-order valence-electron chi connectivity index (χ0n) is 9.96. The Morgan fingerprint density at radius 3 is 3.12 bits per heavy atom. The van der Waals surface area contributed by atoms with Gasteiger partial charge >= 0.3 is 5.97 Å². The highest BCUT2D eigenvalue weighted by molar-refractivity contribution is 5.71. The van der Waals surface area contributed by atoms with E-state index >= 15 is 0 Å². The number of aliphatic carboxylic acids is 1. The number of aryl methyl sites for hydroxylation is 1. The zero-order chi connectivity index (χ0) is 12.3. The van der Waals surface area contributed by atoms with E-state index in [1.807, 2.05) is 17.9 Å². The smallest absolute Gasteiger partial charge is 0.308 e. The van der Waals surface area contributed by atoms with Crippen molar-refractivity contribution in [1.29, 1.82) is 0 Å². The Labute approximate surface area is 100 Å². The van der Waals surface area contributed by atoms with Gasteiger partial charge in [-0.25, -0.2) is 9.97 Å². The lowest BCUT2D eigenvalue weighted by Crippen LogP contribution is -2.39. The Balaban J connectivity index is 2.13. The van der Waals surface area contributed by atoms with Crippen molar-refractivity contribution in [1.82, 2.24) is 9.97 Å². The van der Waals surface area contributed by atoms with Crippen LogP contribution in [0.1, 0.15) is 25.5 Å². The number of carboxylic acid groups (broad SMARTS) is 1. The molecule has 2 rings (SSSR count). The Kier molecular flexibility index (Phi) is 3.56. The summed E-state index contributed by atoms with van der Waals surface area (Å²) in [7, 11) is 0. The maximum Gasteiger partial charge on any atom is 0.308 e. The molecule has 1 aliphatic rings. The van der Waals surface area contributed by atoms with Crippen LogP contribution in [-0.2, 0) is 11.2 Å². The normalized spacial score (nSPS) is 20.3. The summed E-state index contributed by atoms with van der Waals surface area (Å²) in [6.45, 7) is 3.47. The fourth-order valence-corrected chi connectivity index (χ4v) is 2.14. The lowest BCUT2D eigenvalue weighted by atomic mass is 9.98. The molecule has 5 heteroatoms. The molecule has 1 aromatic rings. The van der Waals surface area contributed by atoms with Crippen LogP contribution in [-0.4, -0.2) is 34.1 Å². The topological polar surface area (TPSA) is 66.3 Å². The second kappa shape index (κ2) is 5.12. The van der Waals surface area contributed by atoms with Crippen LogP contribution in [0.5, 0.6) is 0 Å². The SMILES string of the molecule is CCc1cc(N2CCCC(C(=O)O)C2)ncn1. The van der Waals surface area contributed by atoms with Crippen LogP contribution in [0.25, 0.3) is 0 Å². The van der Waals surface area contributed by atoms with E-state index < -0.39 is 5.97 Å². The number of hydrogen-bond acceptors (Lipinski definition) is 4. The number of piperidine rings is 1. The molecule has 1 aliphatic heterocycles. The summed E-state index contributed by atoms with van der Waals surface area (Å²) in [6, 6.07) is 1.95. The van der Waals surface area contributed by atoms with Gasteiger partial charge < -0.3 is 10.0 Å². The van der Waals surface area contributed by atoms with Gasteiger partial charge in [-0.2, -0.15) is 0 Å². The van der Waals surface area contributed by atoms with Crippen LogP contribution >= 0.6 is 0 Å². The highest BCUT2D eigenvalue weighted by Gasteiger charge is 2.26. The largest absolute Gasteiger partial charge is 0.481 e. The van der Waals surface area contributed by atoms with Gasteiger partial charge in [-0.15, -0.1) is 0 Å². The molecule has 0 bridgehead atoms. The van der Waals surface area contributed by atoms with Crippen LogP contribution < -0.4 is 4.90 Å². The maximum atomic E-state index is 11.0. The van der Waals surface area contributed by atoms with Gasteiger partial charge in [-0.3, -0.25) is 4.79 Å². The van der Waals surface area contributed by atoms with Gasteiger partial charge in [0.25, 0.3) is 0 Å². The molecular weight excluding hydrogens is 218 g/mol. The summed E-state index contributed by atoms with van der Waals surface area (Å²) in [5.74, 6) is -0.133. The minimum absolute atomic E-state index is 0.274. The summed E-state index contributed by atoms with van der Waals surface area (Å²) in [6.07, 6.45) is 4.09. The summed E-state index contributed by atoms with van der Waals surface area (Å²) in [5.41, 5.74) is 0.993. The molecule has 1 saturated heterocycles. The average molecular weight is 235 g/mol. The zero-order valence-corrected chi connectivity index (χ0v) is 9.96. The Morgan fingerprint density at radius 2 is 2.41 bits per heavy atom. The van der Waals surface area contributed by atoms with Gasteiger partial charge in [-0.1, -0.05) is 6.92 Å². The third-order valence-corrected chi connectivity index (χ3v) is 3.17. The Bertz CT molecular complexity index is 408. The summed E-state index contributed by atoms with van der Waals surface area (Å²) >= 11 is 0. The third-order valence-electron chi connectivity index (χ3n) is 3.17. The lowest BCUT2D eigenvalue weighted by molar-refractivity contribution is -0.141. The first-order valence-electron chi connectivity index (χ1n) is 5.99. The van der Waals surface area contributed by atoms with E-state index in [1.54, 1.807) is 6.33 Å². The summed E-state index contributed by atoms with van der Waals surface area (Å²) in [4.78, 5) is 21.4. The monoisotopic (exact) mass is 235 g/mol. The molecule has 0 radical (unpaired) electrons. The molecule has 0 saturated carbocycles. The minimum atomic E-state index is -0.709. The molecule has 0 aromatic carbocycles. The number of carbonyl (C=O) groups is 1. The first-order chi connectivity index (χ1) is 8.20. The van der Waals surface area contributed by atoms with Crippen molar-refractivity contribution in [2.45, 2.75) is 26.2 Å². The maximum absolute atomic E-state index is 11.0. The highest BCUT2D eigenvalue weighted by atomic mass is 16.4. The van der Waals surface area contributed by atoms with Crippen molar-refractivity contribution in [2.24, 2.45) is 5.92 Å². The van der Waals surface area contributed by atoms with Crippen molar-refractivity contribution < 1.29 is 9.90 Å². The van der Waals surface area contributed by atoms with E-state index in [1.165, 1.54) is 0 Å². The second-order valence-electron chi connectivity index (χ2n) is 4.34. The van der Waals surface area contributed by atoms with Crippen LogP contribution in [0.3, 0.4) is 0 Å². The quantitative estimate of drug-likeness (QED) is 0.856. The molecule has 1 N–H and O–H groups in total. The molecule has 0 amide bonds. The van der Waals surface area contributed by atoms with Crippen LogP contribution in [0, 0.1) is 5.92 Å². The Morgan fingerprint density at radius 1 is 1.59 bits per heavy atom. The van der Waals surface area contributed by atoms with E-state index in [-0.39, 0.29) is 5.92 Å². The fraction of sp³-hybridized carbons (Fsp3) is 0.583. The van der Waals surface area contributed by atoms with Gasteiger partial charge in [0.05, 0.1) is 5.92 Å². The van der Waals surface area contributed by atoms with E-state index in [4.69, 9.17) is 5.11 Å². The van der Waals surface area contributed by atoms with Gasteiger partial charge in [0.1, 0.15) is 12.1 Å². The number of carboxylic acids is 1. The van der Waals surface area contributed by atoms with Gasteiger partial charge in [0.2, 0.25) is 0 Å². The van der Waals surface area contributed by atoms with Crippen molar-refractivity contribution in [3.63, 3.8) is 0 Å². The molecule has 1 unspecified atom stereocenters. The summed E-state index contributed by atoms with van der Waals surface area (Å²) in [5, 5.41) is 9.04. The number of anilines is 1. The van der Waals surface area contributed by atoms with Crippen molar-refractivity contribution >= 4 is 11.8 Å². The fourth-order valence-electron chi connectivity index (χ4n) is 2.14. The lowest BCUT2D eigenvalue weighted by Gasteiger charge is -2.31. The molecule has 0 spiro atoms. The molecule has 17 heavy (non-hydrogen) atoms. The second-order valence-corrected chi connectivity index (χ2v) is 4.34. The standard InChI is InChI=1S/C12H17N3O2/c1-2-10-6-11(14-8-13-10)15-5-3-4-9(7-15)12(16)17/h6,8-9H,2-5,7H2,1H3,(H,16,17). The van der Waals surface area contributed by atoms with Gasteiger partial charge in [0.15, 0.2) is 0 Å². The van der Waals surface area contributed by atoms with Crippen molar-refractivity contribution in [3.05, 3.63) is 18.1 Å². The molecule has 2 heterocycles. The number of nitrogens with zero attached hydrogens (tertiary/aromatic N) is 3. The average Bonchev–Trinajstić information content (AvgIpc) is 2.39. The Hall–Kier alpha value is -1.65. The predicted molar refractivity (Wildman–Crippen MR) is 64.0 cm³/mol. The van der Waals surface area contributed by atoms with Crippen LogP contribution in [0.2, 0.25) is 0 Å². The van der Waals surface area contributed by atoms with E-state index in [0.29, 0.717) is 6.54 Å². The summed E-state index contributed by atoms with van der Waals surface area (Å²) < 4.78 is 0. The van der Waals surface area contributed by atoms with Crippen LogP contribution in [0.4, 0.5) is 5.82 Å².